The van der Waals surface area contributed by atoms with Gasteiger partial charge in [-0.2, -0.15) is 0 Å². The Bertz CT molecular complexity index is 1650. The van der Waals surface area contributed by atoms with E-state index in [9.17, 15) is 9.59 Å². The highest BCUT2D eigenvalue weighted by molar-refractivity contribution is 7.07. The lowest BCUT2D eigenvalue weighted by atomic mass is 9.95. The fourth-order valence-electron chi connectivity index (χ4n) is 4.61. The molecule has 1 unspecified atom stereocenters. The molecule has 9 nitrogen and oxygen atoms in total. The average molecular weight is 595 g/mol. The molecule has 42 heavy (non-hydrogen) atoms. The van der Waals surface area contributed by atoms with Crippen molar-refractivity contribution in [3.63, 3.8) is 0 Å². The molecule has 1 atom stereocenters. The highest BCUT2D eigenvalue weighted by atomic mass is 32.1. The van der Waals surface area contributed by atoms with Gasteiger partial charge in [0.1, 0.15) is 0 Å². The molecule has 0 N–H and O–H groups in total. The topological polar surface area (TPSA) is 97.6 Å². The smallest absolute Gasteiger partial charge is 0.338 e. The van der Waals surface area contributed by atoms with Gasteiger partial charge in [0.2, 0.25) is 0 Å². The predicted octanol–water partition coefficient (Wildman–Crippen LogP) is 4.64. The molecule has 2 aromatic carbocycles. The van der Waals surface area contributed by atoms with Crippen molar-refractivity contribution < 1.29 is 28.5 Å². The molecule has 0 amide bonds. The molecule has 2 heterocycles. The molecule has 0 fully saturated rings. The predicted molar refractivity (Wildman–Crippen MR) is 163 cm³/mol. The third kappa shape index (κ3) is 6.54. The van der Waals surface area contributed by atoms with Crippen LogP contribution in [-0.2, 0) is 9.53 Å². The van der Waals surface area contributed by atoms with Gasteiger partial charge in [-0.1, -0.05) is 50.7 Å². The number of methoxy groups -OCH3 is 3. The third-order valence-corrected chi connectivity index (χ3v) is 7.74. The van der Waals surface area contributed by atoms with Crippen molar-refractivity contribution in [3.05, 3.63) is 78.5 Å². The number of allylic oxidation sites excluding steroid dienone is 1. The highest BCUT2D eigenvalue weighted by Gasteiger charge is 2.34. The first kappa shape index (κ1) is 30.9. The zero-order valence-corrected chi connectivity index (χ0v) is 26.0. The molecule has 4 rings (SSSR count). The van der Waals surface area contributed by atoms with Gasteiger partial charge in [-0.3, -0.25) is 9.36 Å². The number of hydrogen-bond acceptors (Lipinski definition) is 9. The quantitative estimate of drug-likeness (QED) is 0.223. The Morgan fingerprint density at radius 1 is 1.02 bits per heavy atom. The Kier molecular flexibility index (Phi) is 10.1. The number of carbonyl (C=O) groups excluding carboxylic acids is 1. The van der Waals surface area contributed by atoms with Gasteiger partial charge >= 0.3 is 5.97 Å². The van der Waals surface area contributed by atoms with E-state index in [1.54, 1.807) is 51.0 Å². The number of aromatic nitrogens is 1. The van der Waals surface area contributed by atoms with E-state index in [2.05, 4.69) is 11.9 Å². The maximum Gasteiger partial charge on any atom is 0.338 e. The van der Waals surface area contributed by atoms with Gasteiger partial charge in [-0.05, 0) is 60.7 Å². The standard InChI is InChI=1S/C32H38N2O7S/c1-8-9-14-40-24-13-11-22(17-26(24)39-7)29-28(31(36)41-18-19(2)3)20(4)33-32-34(29)30(35)27(42-32)16-21-10-12-23(37-5)25(15-21)38-6/h10-13,15-17,19,29H,8-9,14,18H2,1-7H3. The molecular weight excluding hydrogens is 556 g/mol. The lowest BCUT2D eigenvalue weighted by molar-refractivity contribution is -0.140. The van der Waals surface area contributed by atoms with Crippen LogP contribution in [0.2, 0.25) is 0 Å². The van der Waals surface area contributed by atoms with Crippen LogP contribution in [0.1, 0.15) is 57.7 Å². The summed E-state index contributed by atoms with van der Waals surface area (Å²) >= 11 is 1.26. The first-order chi connectivity index (χ1) is 20.2. The number of carbonyl (C=O) groups is 1. The Hall–Kier alpha value is -4.05. The summed E-state index contributed by atoms with van der Waals surface area (Å²) in [6, 6.07) is 10.1. The Labute approximate surface area is 249 Å². The molecule has 0 spiro atoms. The summed E-state index contributed by atoms with van der Waals surface area (Å²) in [6.45, 7) is 8.61. The van der Waals surface area contributed by atoms with E-state index in [0.717, 1.165) is 18.4 Å². The average Bonchev–Trinajstić information content (AvgIpc) is 3.28. The normalized spacial score (nSPS) is 14.9. The number of benzene rings is 2. The second-order valence-electron chi connectivity index (χ2n) is 10.3. The number of rotatable bonds is 12. The Morgan fingerprint density at radius 3 is 2.38 bits per heavy atom. The second-order valence-corrected chi connectivity index (χ2v) is 11.3. The summed E-state index contributed by atoms with van der Waals surface area (Å²) in [5.41, 5.74) is 1.97. The number of ether oxygens (including phenoxy) is 5. The van der Waals surface area contributed by atoms with Gasteiger partial charge in [0.15, 0.2) is 27.8 Å². The number of unbranched alkanes of at least 4 members (excludes halogenated alkanes) is 1. The van der Waals surface area contributed by atoms with Crippen molar-refractivity contribution in [1.29, 1.82) is 0 Å². The first-order valence-electron chi connectivity index (χ1n) is 13.9. The van der Waals surface area contributed by atoms with Gasteiger partial charge in [0.05, 0.1) is 56.4 Å². The number of thiazole rings is 1. The number of esters is 1. The maximum atomic E-state index is 14.0. The SMILES string of the molecule is CCCCOc1ccc(C2C(C(=O)OCC(C)C)=C(C)N=c3sc(=Cc4ccc(OC)c(OC)c4)c(=O)n32)cc1OC. The van der Waals surface area contributed by atoms with Crippen molar-refractivity contribution in [3.8, 4) is 23.0 Å². The summed E-state index contributed by atoms with van der Waals surface area (Å²) in [4.78, 5) is 32.7. The minimum absolute atomic E-state index is 0.149. The first-order valence-corrected chi connectivity index (χ1v) is 14.8. The Morgan fingerprint density at radius 2 is 1.71 bits per heavy atom. The molecule has 0 saturated heterocycles. The van der Waals surface area contributed by atoms with Crippen molar-refractivity contribution in [2.24, 2.45) is 10.9 Å². The molecule has 10 heteroatoms. The molecule has 3 aromatic rings. The van der Waals surface area contributed by atoms with Gasteiger partial charge in [-0.15, -0.1) is 0 Å². The van der Waals surface area contributed by atoms with Gasteiger partial charge < -0.3 is 23.7 Å². The molecule has 1 aromatic heterocycles. The molecule has 224 valence electrons. The van der Waals surface area contributed by atoms with E-state index in [4.69, 9.17) is 23.7 Å². The van der Waals surface area contributed by atoms with Gasteiger partial charge in [0.25, 0.3) is 5.56 Å². The fourth-order valence-corrected chi connectivity index (χ4v) is 5.66. The van der Waals surface area contributed by atoms with Crippen molar-refractivity contribution >= 4 is 23.4 Å². The molecule has 0 aliphatic carbocycles. The van der Waals surface area contributed by atoms with E-state index in [0.29, 0.717) is 55.8 Å². The molecule has 1 aliphatic rings. The van der Waals surface area contributed by atoms with E-state index >= 15 is 0 Å². The number of fused-ring (bicyclic) bond motifs is 1. The number of hydrogen-bond donors (Lipinski definition) is 0. The summed E-state index contributed by atoms with van der Waals surface area (Å²) < 4.78 is 30.0. The maximum absolute atomic E-state index is 14.0. The Balaban J connectivity index is 1.88. The highest BCUT2D eigenvalue weighted by Crippen LogP contribution is 2.36. The largest absolute Gasteiger partial charge is 0.493 e. The summed E-state index contributed by atoms with van der Waals surface area (Å²) in [6.07, 6.45) is 3.70. The molecule has 1 aliphatic heterocycles. The van der Waals surface area contributed by atoms with Crippen LogP contribution < -0.4 is 33.8 Å². The molecule has 0 radical (unpaired) electrons. The van der Waals surface area contributed by atoms with Crippen LogP contribution in [0.4, 0.5) is 0 Å². The monoisotopic (exact) mass is 594 g/mol. The minimum atomic E-state index is -0.771. The van der Waals surface area contributed by atoms with E-state index in [1.807, 2.05) is 38.1 Å². The summed E-state index contributed by atoms with van der Waals surface area (Å²) in [5.74, 6) is 1.89. The van der Waals surface area contributed by atoms with Crippen molar-refractivity contribution in [1.82, 2.24) is 4.57 Å². The summed E-state index contributed by atoms with van der Waals surface area (Å²) in [5, 5.41) is 0. The van der Waals surface area contributed by atoms with Crippen LogP contribution in [0, 0.1) is 5.92 Å². The van der Waals surface area contributed by atoms with Crippen LogP contribution in [0.3, 0.4) is 0 Å². The van der Waals surface area contributed by atoms with Gasteiger partial charge in [0, 0.05) is 0 Å². The number of nitrogens with zero attached hydrogens (tertiary/aromatic N) is 2. The second kappa shape index (κ2) is 13.7. The van der Waals surface area contributed by atoms with E-state index in [1.165, 1.54) is 11.3 Å². The minimum Gasteiger partial charge on any atom is -0.493 e. The zero-order valence-electron chi connectivity index (χ0n) is 25.2. The van der Waals surface area contributed by atoms with Crippen molar-refractivity contribution in [2.45, 2.75) is 46.6 Å². The van der Waals surface area contributed by atoms with Gasteiger partial charge in [-0.25, -0.2) is 9.79 Å². The van der Waals surface area contributed by atoms with E-state index in [-0.39, 0.29) is 18.1 Å². The molecule has 0 bridgehead atoms. The third-order valence-electron chi connectivity index (χ3n) is 6.75. The van der Waals surface area contributed by atoms with Crippen molar-refractivity contribution in [2.75, 3.05) is 34.5 Å². The fraction of sp³-hybridized carbons (Fsp3) is 0.406. The van der Waals surface area contributed by atoms with Crippen LogP contribution in [0.25, 0.3) is 6.08 Å². The van der Waals surface area contributed by atoms with Crippen LogP contribution >= 0.6 is 11.3 Å². The van der Waals surface area contributed by atoms with Crippen LogP contribution in [0.15, 0.2) is 57.5 Å². The zero-order chi connectivity index (χ0) is 30.4. The summed E-state index contributed by atoms with van der Waals surface area (Å²) in [7, 11) is 4.70. The molecular formula is C32H38N2O7S. The lowest BCUT2D eigenvalue weighted by Crippen LogP contribution is -2.40. The van der Waals surface area contributed by atoms with Crippen LogP contribution in [0.5, 0.6) is 23.0 Å². The van der Waals surface area contributed by atoms with Crippen LogP contribution in [-0.4, -0.2) is 45.1 Å². The molecule has 0 saturated carbocycles. The lowest BCUT2D eigenvalue weighted by Gasteiger charge is -2.25. The van der Waals surface area contributed by atoms with E-state index < -0.39 is 12.0 Å².